The molecule has 0 radical (unpaired) electrons. The summed E-state index contributed by atoms with van der Waals surface area (Å²) in [7, 11) is 4.15. The van der Waals surface area contributed by atoms with E-state index >= 15 is 0 Å². The SMILES string of the molecule is CCc1c(N(C)C)[nH]c2ccccc12. The Labute approximate surface area is 84.5 Å². The predicted molar refractivity (Wildman–Crippen MR) is 62.0 cm³/mol. The van der Waals surface area contributed by atoms with Crippen molar-refractivity contribution in [3.05, 3.63) is 29.8 Å². The zero-order valence-corrected chi connectivity index (χ0v) is 8.96. The molecule has 2 aromatic rings. The Morgan fingerprint density at radius 2 is 1.93 bits per heavy atom. The first-order chi connectivity index (χ1) is 6.74. The molecule has 0 aliphatic carbocycles. The maximum Gasteiger partial charge on any atom is 0.109 e. The predicted octanol–water partition coefficient (Wildman–Crippen LogP) is 2.80. The highest BCUT2D eigenvalue weighted by molar-refractivity contribution is 5.88. The summed E-state index contributed by atoms with van der Waals surface area (Å²) in [5.74, 6) is 1.23. The zero-order valence-electron chi connectivity index (χ0n) is 8.96. The van der Waals surface area contributed by atoms with E-state index in [1.165, 1.54) is 22.3 Å². The lowest BCUT2D eigenvalue weighted by Gasteiger charge is -2.11. The van der Waals surface area contributed by atoms with Gasteiger partial charge in [-0.25, -0.2) is 0 Å². The van der Waals surface area contributed by atoms with Gasteiger partial charge < -0.3 is 9.88 Å². The summed E-state index contributed by atoms with van der Waals surface area (Å²) < 4.78 is 0. The minimum Gasteiger partial charge on any atom is -0.364 e. The van der Waals surface area contributed by atoms with E-state index in [1.807, 2.05) is 0 Å². The van der Waals surface area contributed by atoms with Crippen LogP contribution in [0.4, 0.5) is 5.82 Å². The molecule has 74 valence electrons. The minimum absolute atomic E-state index is 1.07. The molecule has 1 N–H and O–H groups in total. The fraction of sp³-hybridized carbons (Fsp3) is 0.333. The van der Waals surface area contributed by atoms with Gasteiger partial charge in [0, 0.05) is 30.6 Å². The fourth-order valence-electron chi connectivity index (χ4n) is 1.93. The molecule has 14 heavy (non-hydrogen) atoms. The van der Waals surface area contributed by atoms with Crippen LogP contribution in [0.1, 0.15) is 12.5 Å². The maximum absolute atomic E-state index is 3.44. The van der Waals surface area contributed by atoms with Crippen molar-refractivity contribution in [2.75, 3.05) is 19.0 Å². The molecular formula is C12H16N2. The van der Waals surface area contributed by atoms with E-state index in [0.717, 1.165) is 6.42 Å². The number of anilines is 1. The van der Waals surface area contributed by atoms with Gasteiger partial charge in [0.05, 0.1) is 0 Å². The van der Waals surface area contributed by atoms with Gasteiger partial charge in [-0.1, -0.05) is 25.1 Å². The fourth-order valence-corrected chi connectivity index (χ4v) is 1.93. The second-order valence-corrected chi connectivity index (χ2v) is 3.75. The van der Waals surface area contributed by atoms with Crippen LogP contribution in [0.15, 0.2) is 24.3 Å². The van der Waals surface area contributed by atoms with Crippen LogP contribution in [0.2, 0.25) is 0 Å². The number of nitrogens with one attached hydrogen (secondary N) is 1. The third-order valence-electron chi connectivity index (χ3n) is 2.59. The van der Waals surface area contributed by atoms with Gasteiger partial charge in [-0.15, -0.1) is 0 Å². The number of nitrogens with zero attached hydrogens (tertiary/aromatic N) is 1. The second kappa shape index (κ2) is 3.37. The van der Waals surface area contributed by atoms with E-state index in [1.54, 1.807) is 0 Å². The van der Waals surface area contributed by atoms with Gasteiger partial charge in [0.1, 0.15) is 5.82 Å². The van der Waals surface area contributed by atoms with Crippen LogP contribution in [0, 0.1) is 0 Å². The molecule has 0 saturated carbocycles. The summed E-state index contributed by atoms with van der Waals surface area (Å²) in [5.41, 5.74) is 2.64. The number of aromatic nitrogens is 1. The maximum atomic E-state index is 3.44. The third kappa shape index (κ3) is 1.27. The van der Waals surface area contributed by atoms with Crippen molar-refractivity contribution in [1.82, 2.24) is 4.98 Å². The minimum atomic E-state index is 1.07. The molecule has 1 aromatic carbocycles. The molecule has 0 unspecified atom stereocenters. The zero-order chi connectivity index (χ0) is 10.1. The summed E-state index contributed by atoms with van der Waals surface area (Å²) in [6, 6.07) is 8.46. The van der Waals surface area contributed by atoms with E-state index in [4.69, 9.17) is 0 Å². The first-order valence-electron chi connectivity index (χ1n) is 5.01. The molecule has 0 atom stereocenters. The molecular weight excluding hydrogens is 172 g/mol. The smallest absolute Gasteiger partial charge is 0.109 e. The van der Waals surface area contributed by atoms with Gasteiger partial charge in [-0.2, -0.15) is 0 Å². The lowest BCUT2D eigenvalue weighted by Crippen LogP contribution is -2.10. The van der Waals surface area contributed by atoms with Crippen LogP contribution < -0.4 is 4.90 Å². The van der Waals surface area contributed by atoms with Crippen LogP contribution in [-0.4, -0.2) is 19.1 Å². The van der Waals surface area contributed by atoms with E-state index in [0.29, 0.717) is 0 Å². The summed E-state index contributed by atoms with van der Waals surface area (Å²) in [4.78, 5) is 5.58. The van der Waals surface area contributed by atoms with E-state index in [2.05, 4.69) is 55.2 Å². The number of fused-ring (bicyclic) bond motifs is 1. The molecule has 2 rings (SSSR count). The Bertz CT molecular complexity index is 441. The molecule has 0 saturated heterocycles. The van der Waals surface area contributed by atoms with Crippen molar-refractivity contribution in [3.63, 3.8) is 0 Å². The van der Waals surface area contributed by atoms with Gasteiger partial charge in [0.25, 0.3) is 0 Å². The van der Waals surface area contributed by atoms with Crippen molar-refractivity contribution < 1.29 is 0 Å². The highest BCUT2D eigenvalue weighted by Gasteiger charge is 2.09. The highest BCUT2D eigenvalue weighted by Crippen LogP contribution is 2.27. The van der Waals surface area contributed by atoms with Crippen LogP contribution in [0.25, 0.3) is 10.9 Å². The molecule has 1 aromatic heterocycles. The molecule has 0 bridgehead atoms. The normalized spacial score (nSPS) is 10.8. The van der Waals surface area contributed by atoms with E-state index < -0.39 is 0 Å². The van der Waals surface area contributed by atoms with Crippen LogP contribution in [0.5, 0.6) is 0 Å². The van der Waals surface area contributed by atoms with Gasteiger partial charge in [-0.05, 0) is 12.5 Å². The van der Waals surface area contributed by atoms with Crippen LogP contribution in [0.3, 0.4) is 0 Å². The molecule has 2 nitrogen and oxygen atoms in total. The van der Waals surface area contributed by atoms with Gasteiger partial charge in [0.2, 0.25) is 0 Å². The van der Waals surface area contributed by atoms with Gasteiger partial charge in [0.15, 0.2) is 0 Å². The summed E-state index contributed by atoms with van der Waals surface area (Å²) in [6.07, 6.45) is 1.07. The molecule has 0 spiro atoms. The number of H-pyrrole nitrogens is 1. The topological polar surface area (TPSA) is 19.0 Å². The standard InChI is InChI=1S/C12H16N2/c1-4-9-10-7-5-6-8-11(10)13-12(9)14(2)3/h5-8,13H,4H2,1-3H3. The first-order valence-corrected chi connectivity index (χ1v) is 5.01. The average molecular weight is 188 g/mol. The molecule has 0 amide bonds. The number of aryl methyl sites for hydroxylation is 1. The third-order valence-corrected chi connectivity index (χ3v) is 2.59. The Kier molecular flexibility index (Phi) is 2.20. The summed E-state index contributed by atoms with van der Waals surface area (Å²) >= 11 is 0. The van der Waals surface area contributed by atoms with Crippen molar-refractivity contribution in [2.24, 2.45) is 0 Å². The Morgan fingerprint density at radius 3 is 2.57 bits per heavy atom. The van der Waals surface area contributed by atoms with Crippen molar-refractivity contribution in [2.45, 2.75) is 13.3 Å². The number of hydrogen-bond acceptors (Lipinski definition) is 1. The molecule has 0 aliphatic heterocycles. The number of para-hydroxylation sites is 1. The van der Waals surface area contributed by atoms with Crippen molar-refractivity contribution in [3.8, 4) is 0 Å². The van der Waals surface area contributed by atoms with Crippen LogP contribution >= 0.6 is 0 Å². The van der Waals surface area contributed by atoms with Gasteiger partial charge >= 0.3 is 0 Å². The van der Waals surface area contributed by atoms with E-state index in [9.17, 15) is 0 Å². The number of aromatic amines is 1. The largest absolute Gasteiger partial charge is 0.364 e. The number of rotatable bonds is 2. The molecule has 0 fully saturated rings. The number of hydrogen-bond donors (Lipinski definition) is 1. The summed E-state index contributed by atoms with van der Waals surface area (Å²) in [6.45, 7) is 2.20. The second-order valence-electron chi connectivity index (χ2n) is 3.75. The Hall–Kier alpha value is -1.44. The Balaban J connectivity index is 2.72. The molecule has 1 heterocycles. The van der Waals surface area contributed by atoms with E-state index in [-0.39, 0.29) is 0 Å². The monoisotopic (exact) mass is 188 g/mol. The average Bonchev–Trinajstić information content (AvgIpc) is 2.56. The van der Waals surface area contributed by atoms with Crippen molar-refractivity contribution >= 4 is 16.7 Å². The molecule has 2 heteroatoms. The molecule has 0 aliphatic rings. The lowest BCUT2D eigenvalue weighted by molar-refractivity contribution is 1.05. The summed E-state index contributed by atoms with van der Waals surface area (Å²) in [5, 5.41) is 1.35. The number of benzene rings is 1. The lowest BCUT2D eigenvalue weighted by atomic mass is 10.1. The quantitative estimate of drug-likeness (QED) is 0.767. The van der Waals surface area contributed by atoms with Crippen molar-refractivity contribution in [1.29, 1.82) is 0 Å². The van der Waals surface area contributed by atoms with Crippen LogP contribution in [-0.2, 0) is 6.42 Å². The van der Waals surface area contributed by atoms with Gasteiger partial charge in [-0.3, -0.25) is 0 Å². The highest BCUT2D eigenvalue weighted by atomic mass is 15.1. The Morgan fingerprint density at radius 1 is 1.21 bits per heavy atom. The first kappa shape index (κ1) is 9.13.